The van der Waals surface area contributed by atoms with E-state index in [1.165, 1.54) is 49.9 Å². The van der Waals surface area contributed by atoms with Crippen molar-refractivity contribution in [1.29, 1.82) is 0 Å². The highest BCUT2D eigenvalue weighted by molar-refractivity contribution is 7.13. The highest BCUT2D eigenvalue weighted by Crippen LogP contribution is 2.20. The normalized spacial score (nSPS) is 19.1. The van der Waals surface area contributed by atoms with Crippen molar-refractivity contribution in [3.63, 3.8) is 0 Å². The topological polar surface area (TPSA) is 83.1 Å². The highest BCUT2D eigenvalue weighted by atomic mass is 32.1. The summed E-state index contributed by atoms with van der Waals surface area (Å²) in [5.41, 5.74) is 0.863. The molecule has 0 saturated heterocycles. The minimum atomic E-state index is -0.173. The molecule has 0 atom stereocenters. The van der Waals surface area contributed by atoms with Crippen LogP contribution in [0.25, 0.3) is 0 Å². The first kappa shape index (κ1) is 19.1. The van der Waals surface area contributed by atoms with Crippen molar-refractivity contribution in [1.82, 2.24) is 15.6 Å². The van der Waals surface area contributed by atoms with Crippen LogP contribution < -0.4 is 16.0 Å². The number of urea groups is 1. The molecule has 0 unspecified atom stereocenters. The Balaban J connectivity index is 1.36. The molecule has 2 saturated carbocycles. The maximum atomic E-state index is 12.1. The number of hydrogen-bond acceptors (Lipinski definition) is 4. The van der Waals surface area contributed by atoms with Crippen molar-refractivity contribution >= 4 is 28.4 Å². The number of hydrogen-bond donors (Lipinski definition) is 3. The molecule has 1 aromatic heterocycles. The molecule has 1 aromatic rings. The molecule has 7 heteroatoms. The summed E-state index contributed by atoms with van der Waals surface area (Å²) in [7, 11) is 0. The summed E-state index contributed by atoms with van der Waals surface area (Å²) in [5, 5.41) is 11.5. The molecular weight excluding hydrogens is 348 g/mol. The SMILES string of the molecule is O=C(CCc1csc(NC(=O)NC2CCCCC2)n1)NC1CCCCC1. The zero-order chi connectivity index (χ0) is 18.2. The van der Waals surface area contributed by atoms with Crippen molar-refractivity contribution in [3.8, 4) is 0 Å². The van der Waals surface area contributed by atoms with Gasteiger partial charge in [-0.1, -0.05) is 38.5 Å². The zero-order valence-corrected chi connectivity index (χ0v) is 16.2. The van der Waals surface area contributed by atoms with Crippen LogP contribution in [0.5, 0.6) is 0 Å². The van der Waals surface area contributed by atoms with Crippen molar-refractivity contribution in [3.05, 3.63) is 11.1 Å². The van der Waals surface area contributed by atoms with E-state index < -0.39 is 0 Å². The Morgan fingerprint density at radius 3 is 2.23 bits per heavy atom. The Hall–Kier alpha value is -1.63. The Labute approximate surface area is 159 Å². The van der Waals surface area contributed by atoms with Gasteiger partial charge in [0.2, 0.25) is 5.91 Å². The van der Waals surface area contributed by atoms with Gasteiger partial charge in [0.1, 0.15) is 0 Å². The molecule has 1 heterocycles. The molecule has 0 radical (unpaired) electrons. The van der Waals surface area contributed by atoms with Gasteiger partial charge in [0, 0.05) is 23.9 Å². The van der Waals surface area contributed by atoms with E-state index in [4.69, 9.17) is 0 Å². The van der Waals surface area contributed by atoms with E-state index >= 15 is 0 Å². The van der Waals surface area contributed by atoms with Gasteiger partial charge in [0.15, 0.2) is 5.13 Å². The lowest BCUT2D eigenvalue weighted by atomic mass is 9.95. The van der Waals surface area contributed by atoms with E-state index in [-0.39, 0.29) is 18.0 Å². The van der Waals surface area contributed by atoms with Gasteiger partial charge in [0.25, 0.3) is 0 Å². The van der Waals surface area contributed by atoms with E-state index in [0.29, 0.717) is 24.0 Å². The molecule has 2 fully saturated rings. The van der Waals surface area contributed by atoms with E-state index in [1.807, 2.05) is 5.38 Å². The van der Waals surface area contributed by atoms with Crippen molar-refractivity contribution < 1.29 is 9.59 Å². The van der Waals surface area contributed by atoms with Gasteiger partial charge < -0.3 is 10.6 Å². The number of nitrogens with one attached hydrogen (secondary N) is 3. The van der Waals surface area contributed by atoms with E-state index in [1.54, 1.807) is 0 Å². The quantitative estimate of drug-likeness (QED) is 0.700. The summed E-state index contributed by atoms with van der Waals surface area (Å²) < 4.78 is 0. The van der Waals surface area contributed by atoms with Crippen molar-refractivity contribution in [2.24, 2.45) is 0 Å². The van der Waals surface area contributed by atoms with Crippen LogP contribution in [-0.2, 0) is 11.2 Å². The van der Waals surface area contributed by atoms with E-state index in [0.717, 1.165) is 31.4 Å². The van der Waals surface area contributed by atoms with Crippen LogP contribution in [0.4, 0.5) is 9.93 Å². The van der Waals surface area contributed by atoms with Crippen LogP contribution in [0.15, 0.2) is 5.38 Å². The van der Waals surface area contributed by atoms with Crippen LogP contribution in [0.3, 0.4) is 0 Å². The number of amides is 3. The van der Waals surface area contributed by atoms with E-state index in [9.17, 15) is 9.59 Å². The highest BCUT2D eigenvalue weighted by Gasteiger charge is 2.17. The van der Waals surface area contributed by atoms with Gasteiger partial charge in [-0.15, -0.1) is 11.3 Å². The summed E-state index contributed by atoms with van der Waals surface area (Å²) in [6.07, 6.45) is 12.8. The van der Waals surface area contributed by atoms with Crippen LogP contribution in [-0.4, -0.2) is 29.0 Å². The van der Waals surface area contributed by atoms with Gasteiger partial charge >= 0.3 is 6.03 Å². The number of rotatable bonds is 6. The first-order valence-electron chi connectivity index (χ1n) is 10.0. The van der Waals surface area contributed by atoms with Gasteiger partial charge in [-0.2, -0.15) is 0 Å². The average Bonchev–Trinajstić information content (AvgIpc) is 3.09. The molecule has 0 aromatic carbocycles. The third-order valence-corrected chi connectivity index (χ3v) is 6.10. The second-order valence-electron chi connectivity index (χ2n) is 7.48. The zero-order valence-electron chi connectivity index (χ0n) is 15.4. The Morgan fingerprint density at radius 2 is 1.58 bits per heavy atom. The number of carbonyl (C=O) groups is 2. The van der Waals surface area contributed by atoms with E-state index in [2.05, 4.69) is 20.9 Å². The number of aromatic nitrogens is 1. The third-order valence-electron chi connectivity index (χ3n) is 5.29. The van der Waals surface area contributed by atoms with Gasteiger partial charge in [-0.25, -0.2) is 9.78 Å². The van der Waals surface area contributed by atoms with Crippen LogP contribution in [0.2, 0.25) is 0 Å². The first-order chi connectivity index (χ1) is 12.7. The molecule has 3 rings (SSSR count). The third kappa shape index (κ3) is 6.27. The van der Waals surface area contributed by atoms with Crippen LogP contribution in [0, 0.1) is 0 Å². The molecule has 2 aliphatic rings. The second kappa shape index (κ2) is 9.90. The number of nitrogens with zero attached hydrogens (tertiary/aromatic N) is 1. The first-order valence-corrected chi connectivity index (χ1v) is 10.9. The van der Waals surface area contributed by atoms with Crippen LogP contribution in [0.1, 0.15) is 76.3 Å². The largest absolute Gasteiger partial charge is 0.353 e. The fraction of sp³-hybridized carbons (Fsp3) is 0.737. The Morgan fingerprint density at radius 1 is 0.962 bits per heavy atom. The molecule has 26 heavy (non-hydrogen) atoms. The molecular formula is C19H30N4O2S. The fourth-order valence-corrected chi connectivity index (χ4v) is 4.57. The summed E-state index contributed by atoms with van der Waals surface area (Å²) in [6.45, 7) is 0. The Bertz CT molecular complexity index is 592. The van der Waals surface area contributed by atoms with Crippen LogP contribution >= 0.6 is 11.3 Å². The summed E-state index contributed by atoms with van der Waals surface area (Å²) >= 11 is 1.41. The lowest BCUT2D eigenvalue weighted by Gasteiger charge is -2.22. The van der Waals surface area contributed by atoms with Crippen molar-refractivity contribution in [2.45, 2.75) is 89.1 Å². The average molecular weight is 379 g/mol. The molecule has 0 spiro atoms. The standard InChI is InChI=1S/C19H30N4O2S/c24-17(20-14-7-3-1-4-8-14)12-11-16-13-26-19(22-16)23-18(25)21-15-9-5-2-6-10-15/h13-15H,1-12H2,(H,20,24)(H2,21,22,23,25). The lowest BCUT2D eigenvalue weighted by Crippen LogP contribution is -2.39. The maximum absolute atomic E-state index is 12.1. The van der Waals surface area contributed by atoms with Gasteiger partial charge in [-0.3, -0.25) is 10.1 Å². The molecule has 3 amide bonds. The molecule has 0 aliphatic heterocycles. The molecule has 0 bridgehead atoms. The predicted octanol–water partition coefficient (Wildman–Crippen LogP) is 3.98. The van der Waals surface area contributed by atoms with Gasteiger partial charge in [0.05, 0.1) is 5.69 Å². The molecule has 144 valence electrons. The second-order valence-corrected chi connectivity index (χ2v) is 8.34. The lowest BCUT2D eigenvalue weighted by molar-refractivity contribution is -0.122. The maximum Gasteiger partial charge on any atom is 0.321 e. The summed E-state index contributed by atoms with van der Waals surface area (Å²) in [6, 6.07) is 0.465. The predicted molar refractivity (Wildman–Crippen MR) is 104 cm³/mol. The summed E-state index contributed by atoms with van der Waals surface area (Å²) in [5.74, 6) is 0.106. The number of anilines is 1. The van der Waals surface area contributed by atoms with Crippen molar-refractivity contribution in [2.75, 3.05) is 5.32 Å². The Kier molecular flexibility index (Phi) is 7.29. The monoisotopic (exact) mass is 378 g/mol. The smallest absolute Gasteiger partial charge is 0.321 e. The fourth-order valence-electron chi connectivity index (χ4n) is 3.83. The summed E-state index contributed by atoms with van der Waals surface area (Å²) in [4.78, 5) is 28.6. The minimum absolute atomic E-state index is 0.106. The molecule has 6 nitrogen and oxygen atoms in total. The number of aryl methyl sites for hydroxylation is 1. The minimum Gasteiger partial charge on any atom is -0.353 e. The van der Waals surface area contributed by atoms with Gasteiger partial charge in [-0.05, 0) is 32.1 Å². The molecule has 2 aliphatic carbocycles. The molecule has 3 N–H and O–H groups in total. The number of thiazole rings is 1. The number of carbonyl (C=O) groups excluding carboxylic acids is 2.